The van der Waals surface area contributed by atoms with E-state index in [2.05, 4.69) is 20.9 Å². The summed E-state index contributed by atoms with van der Waals surface area (Å²) in [6.07, 6.45) is 0.153. The van der Waals surface area contributed by atoms with Gasteiger partial charge >= 0.3 is 18.1 Å². The van der Waals surface area contributed by atoms with E-state index in [9.17, 15) is 19.2 Å². The highest BCUT2D eigenvalue weighted by molar-refractivity contribution is 5.93. The predicted octanol–water partition coefficient (Wildman–Crippen LogP) is 1.19. The van der Waals surface area contributed by atoms with Crippen molar-refractivity contribution in [2.75, 3.05) is 38.3 Å². The van der Waals surface area contributed by atoms with Crippen LogP contribution in [0.5, 0.6) is 0 Å². The van der Waals surface area contributed by atoms with Gasteiger partial charge in [0, 0.05) is 18.8 Å². The topological polar surface area (TPSA) is 129 Å². The predicted molar refractivity (Wildman–Crippen MR) is 124 cm³/mol. The second-order valence-electron chi connectivity index (χ2n) is 9.35. The summed E-state index contributed by atoms with van der Waals surface area (Å²) in [6, 6.07) is 8.22. The van der Waals surface area contributed by atoms with Crippen molar-refractivity contribution < 1.29 is 28.7 Å². The molecule has 2 saturated heterocycles. The molecule has 1 atom stereocenters. The summed E-state index contributed by atoms with van der Waals surface area (Å²) >= 11 is 0. The molecule has 11 heteroatoms. The molecule has 0 aliphatic carbocycles. The maximum absolute atomic E-state index is 12.8. The van der Waals surface area contributed by atoms with Gasteiger partial charge in [0.25, 0.3) is 0 Å². The number of benzene rings is 1. The van der Waals surface area contributed by atoms with Crippen molar-refractivity contribution in [2.24, 2.45) is 0 Å². The summed E-state index contributed by atoms with van der Waals surface area (Å²) in [6.45, 7) is 6.10. The molecule has 0 bridgehead atoms. The number of methoxy groups -OCH3 is 1. The first kappa shape index (κ1) is 25.1. The van der Waals surface area contributed by atoms with E-state index in [1.165, 1.54) is 7.11 Å². The molecule has 1 aromatic carbocycles. The number of nitrogens with one attached hydrogen (secondary N) is 3. The molecule has 186 valence electrons. The third-order valence-electron chi connectivity index (χ3n) is 5.92. The smallest absolute Gasteiger partial charge is 0.408 e. The monoisotopic (exact) mass is 475 g/mol. The van der Waals surface area contributed by atoms with E-state index < -0.39 is 29.2 Å². The average molecular weight is 476 g/mol. The lowest BCUT2D eigenvalue weighted by molar-refractivity contribution is -0.143. The van der Waals surface area contributed by atoms with Gasteiger partial charge in [0.1, 0.15) is 17.2 Å². The van der Waals surface area contributed by atoms with Gasteiger partial charge in [-0.1, -0.05) is 18.2 Å². The normalized spacial score (nSPS) is 18.2. The van der Waals surface area contributed by atoms with Crippen LogP contribution in [0.4, 0.5) is 15.3 Å². The lowest BCUT2D eigenvalue weighted by atomic mass is 9.85. The first-order valence-electron chi connectivity index (χ1n) is 11.3. The van der Waals surface area contributed by atoms with Crippen LogP contribution in [0, 0.1) is 0 Å². The minimum atomic E-state index is -1.10. The van der Waals surface area contributed by atoms with Gasteiger partial charge in [-0.3, -0.25) is 4.79 Å². The minimum absolute atomic E-state index is 0.0382. The van der Waals surface area contributed by atoms with Gasteiger partial charge in [0.05, 0.1) is 20.3 Å². The number of esters is 1. The highest BCUT2D eigenvalue weighted by Gasteiger charge is 2.50. The third-order valence-corrected chi connectivity index (χ3v) is 5.92. The number of para-hydroxylation sites is 1. The van der Waals surface area contributed by atoms with Gasteiger partial charge in [0.2, 0.25) is 5.91 Å². The Balaban J connectivity index is 1.57. The molecule has 4 amide bonds. The Hall–Kier alpha value is -3.50. The number of anilines is 1. The highest BCUT2D eigenvalue weighted by Crippen LogP contribution is 2.36. The van der Waals surface area contributed by atoms with Gasteiger partial charge in [-0.2, -0.15) is 0 Å². The van der Waals surface area contributed by atoms with Crippen molar-refractivity contribution >= 4 is 29.7 Å². The van der Waals surface area contributed by atoms with E-state index in [0.717, 1.165) is 5.69 Å². The van der Waals surface area contributed by atoms with Crippen molar-refractivity contribution in [2.45, 2.75) is 50.8 Å². The van der Waals surface area contributed by atoms with Crippen LogP contribution >= 0.6 is 0 Å². The molecule has 0 radical (unpaired) electrons. The van der Waals surface area contributed by atoms with E-state index in [-0.39, 0.29) is 18.5 Å². The Morgan fingerprint density at radius 3 is 2.38 bits per heavy atom. The van der Waals surface area contributed by atoms with E-state index in [0.29, 0.717) is 32.6 Å². The molecular weight excluding hydrogens is 442 g/mol. The molecule has 0 saturated carbocycles. The second-order valence-corrected chi connectivity index (χ2v) is 9.35. The number of rotatable bonds is 5. The van der Waals surface area contributed by atoms with Gasteiger partial charge in [-0.25, -0.2) is 14.4 Å². The number of hydrogen-bond acceptors (Lipinski definition) is 7. The number of piperidine rings is 1. The van der Waals surface area contributed by atoms with Crippen LogP contribution in [0.3, 0.4) is 0 Å². The maximum Gasteiger partial charge on any atom is 0.408 e. The first-order chi connectivity index (χ1) is 16.1. The van der Waals surface area contributed by atoms with Crippen LogP contribution in [0.1, 0.15) is 33.6 Å². The number of hydrogen-bond donors (Lipinski definition) is 3. The Bertz CT molecular complexity index is 908. The van der Waals surface area contributed by atoms with Crippen molar-refractivity contribution in [3.8, 4) is 0 Å². The van der Waals surface area contributed by atoms with E-state index >= 15 is 0 Å². The zero-order chi connectivity index (χ0) is 24.9. The van der Waals surface area contributed by atoms with E-state index in [1.54, 1.807) is 25.7 Å². The second kappa shape index (κ2) is 10.2. The number of likely N-dealkylation sites (tertiary alicyclic amines) is 1. The number of carbonyl (C=O) groups excluding carboxylic acids is 4. The third kappa shape index (κ3) is 5.70. The van der Waals surface area contributed by atoms with Gasteiger partial charge in [-0.05, 0) is 45.7 Å². The Labute approximate surface area is 199 Å². The molecule has 2 aliphatic heterocycles. The van der Waals surface area contributed by atoms with Gasteiger partial charge in [-0.15, -0.1) is 0 Å². The zero-order valence-electron chi connectivity index (χ0n) is 20.1. The largest absolute Gasteiger partial charge is 0.467 e. The minimum Gasteiger partial charge on any atom is -0.467 e. The summed E-state index contributed by atoms with van der Waals surface area (Å²) in [5.74, 6) is -0.742. The molecular formula is C23H33N5O6. The zero-order valence-corrected chi connectivity index (χ0v) is 20.1. The molecule has 3 N–H and O–H groups in total. The van der Waals surface area contributed by atoms with Crippen molar-refractivity contribution in [1.82, 2.24) is 20.9 Å². The summed E-state index contributed by atoms with van der Waals surface area (Å²) < 4.78 is 9.90. The van der Waals surface area contributed by atoms with Gasteiger partial charge in [0.15, 0.2) is 0 Å². The van der Waals surface area contributed by atoms with Gasteiger partial charge < -0.3 is 35.2 Å². The van der Waals surface area contributed by atoms with Crippen molar-refractivity contribution in [3.63, 3.8) is 0 Å². The molecule has 2 aliphatic rings. The van der Waals surface area contributed by atoms with Crippen molar-refractivity contribution in [3.05, 3.63) is 30.3 Å². The van der Waals surface area contributed by atoms with Crippen LogP contribution in [-0.4, -0.2) is 79.5 Å². The molecule has 34 heavy (non-hydrogen) atoms. The molecule has 3 rings (SSSR count). The molecule has 0 aromatic heterocycles. The fourth-order valence-electron chi connectivity index (χ4n) is 4.20. The number of carbonyl (C=O) groups is 4. The number of ether oxygens (including phenoxy) is 2. The fraction of sp³-hybridized carbons (Fsp3) is 0.565. The number of nitrogens with zero attached hydrogens (tertiary/aromatic N) is 2. The molecule has 1 spiro atoms. The van der Waals surface area contributed by atoms with Crippen LogP contribution in [0.15, 0.2) is 30.3 Å². The first-order valence-corrected chi connectivity index (χ1v) is 11.3. The highest BCUT2D eigenvalue weighted by atomic mass is 16.6. The summed E-state index contributed by atoms with van der Waals surface area (Å²) in [5.41, 5.74) is -0.490. The summed E-state index contributed by atoms with van der Waals surface area (Å²) in [5, 5.41) is 8.02. The molecule has 2 heterocycles. The van der Waals surface area contributed by atoms with Crippen LogP contribution in [-0.2, 0) is 19.1 Å². The van der Waals surface area contributed by atoms with Crippen LogP contribution in [0.25, 0.3) is 0 Å². The molecule has 2 fully saturated rings. The Kier molecular flexibility index (Phi) is 7.53. The van der Waals surface area contributed by atoms with Crippen LogP contribution < -0.4 is 20.9 Å². The van der Waals surface area contributed by atoms with E-state index in [4.69, 9.17) is 9.47 Å². The number of amides is 4. The van der Waals surface area contributed by atoms with Crippen LogP contribution in [0.2, 0.25) is 0 Å². The lowest BCUT2D eigenvalue weighted by Gasteiger charge is -2.43. The molecule has 11 nitrogen and oxygen atoms in total. The lowest BCUT2D eigenvalue weighted by Crippen LogP contribution is -2.59. The summed E-state index contributed by atoms with van der Waals surface area (Å²) in [7, 11) is 1.20. The number of alkyl carbamates (subject to hydrolysis) is 1. The van der Waals surface area contributed by atoms with E-state index in [1.807, 2.05) is 30.3 Å². The molecule has 1 aromatic rings. The Morgan fingerprint density at radius 2 is 1.79 bits per heavy atom. The Morgan fingerprint density at radius 1 is 1.15 bits per heavy atom. The SMILES string of the molecule is COC(=O)C(CNC(=O)N1CCC2(CC1)C(=O)NCN2c1ccccc1)NC(=O)OC(C)(C)C. The summed E-state index contributed by atoms with van der Waals surface area (Å²) in [4.78, 5) is 53.3. The average Bonchev–Trinajstić information content (AvgIpc) is 3.11. The quantitative estimate of drug-likeness (QED) is 0.546. The maximum atomic E-state index is 12.8. The molecule has 1 unspecified atom stereocenters. The van der Waals surface area contributed by atoms with Crippen molar-refractivity contribution in [1.29, 1.82) is 0 Å². The standard InChI is InChI=1S/C23H33N5O6/c1-22(2,3)34-21(32)26-17(18(29)33-4)14-24-20(31)27-12-10-23(11-13-27)19(30)25-15-28(23)16-8-6-5-7-9-16/h5-9,17H,10-15H2,1-4H3,(H,24,31)(H,25,30)(H,26,32). The number of urea groups is 1. The fourth-order valence-corrected chi connectivity index (χ4v) is 4.20.